The molecule has 0 radical (unpaired) electrons. The van der Waals surface area contributed by atoms with Crippen molar-refractivity contribution in [2.45, 2.75) is 38.3 Å². The lowest BCUT2D eigenvalue weighted by Crippen LogP contribution is -2.34. The van der Waals surface area contributed by atoms with Crippen molar-refractivity contribution in [3.63, 3.8) is 0 Å². The summed E-state index contributed by atoms with van der Waals surface area (Å²) in [5.74, 6) is 0. The lowest BCUT2D eigenvalue weighted by molar-refractivity contribution is 0.341. The third-order valence-corrected chi connectivity index (χ3v) is 2.82. The van der Waals surface area contributed by atoms with Crippen molar-refractivity contribution in [1.29, 1.82) is 0 Å². The minimum atomic E-state index is 0.588. The zero-order valence-electron chi connectivity index (χ0n) is 8.16. The van der Waals surface area contributed by atoms with Gasteiger partial charge in [-0.05, 0) is 25.3 Å². The molecule has 1 unspecified atom stereocenters. The van der Waals surface area contributed by atoms with Crippen molar-refractivity contribution in [3.05, 3.63) is 35.9 Å². The number of benzene rings is 1. The van der Waals surface area contributed by atoms with Crippen LogP contribution in [0.25, 0.3) is 0 Å². The summed E-state index contributed by atoms with van der Waals surface area (Å²) in [6.45, 7) is 2.27. The van der Waals surface area contributed by atoms with E-state index in [4.69, 9.17) is 0 Å². The van der Waals surface area contributed by atoms with Crippen molar-refractivity contribution < 1.29 is 0 Å². The van der Waals surface area contributed by atoms with Crippen LogP contribution < -0.4 is 5.32 Å². The monoisotopic (exact) mass is 175 g/mol. The first-order valence-electron chi connectivity index (χ1n) is 5.17. The highest BCUT2D eigenvalue weighted by atomic mass is 15.0. The van der Waals surface area contributed by atoms with Gasteiger partial charge in [0.25, 0.3) is 0 Å². The number of hydrogen-bond acceptors (Lipinski definition) is 1. The van der Waals surface area contributed by atoms with Gasteiger partial charge in [0, 0.05) is 12.1 Å². The van der Waals surface area contributed by atoms with E-state index < -0.39 is 0 Å². The minimum Gasteiger partial charge on any atom is -0.307 e. The lowest BCUT2D eigenvalue weighted by Gasteiger charge is -2.29. The third-order valence-electron chi connectivity index (χ3n) is 2.82. The number of piperidine rings is 1. The maximum Gasteiger partial charge on any atom is 0.0322 e. The van der Waals surface area contributed by atoms with Crippen molar-refractivity contribution in [3.8, 4) is 0 Å². The summed E-state index contributed by atoms with van der Waals surface area (Å²) in [6, 6.07) is 12.0. The second kappa shape index (κ2) is 3.93. The normalized spacial score (nSPS) is 28.7. The number of rotatable bonds is 1. The van der Waals surface area contributed by atoms with E-state index in [0.717, 1.165) is 0 Å². The second-order valence-corrected chi connectivity index (χ2v) is 3.96. The van der Waals surface area contributed by atoms with Crippen LogP contribution in [0.4, 0.5) is 0 Å². The second-order valence-electron chi connectivity index (χ2n) is 3.96. The quantitative estimate of drug-likeness (QED) is 0.692. The Labute approximate surface area is 80.2 Å². The van der Waals surface area contributed by atoms with E-state index >= 15 is 0 Å². The van der Waals surface area contributed by atoms with E-state index in [-0.39, 0.29) is 0 Å². The maximum atomic E-state index is 3.63. The van der Waals surface area contributed by atoms with Crippen molar-refractivity contribution in [1.82, 2.24) is 5.32 Å². The molecule has 1 heterocycles. The summed E-state index contributed by atoms with van der Waals surface area (Å²) in [5.41, 5.74) is 1.44. The van der Waals surface area contributed by atoms with Crippen molar-refractivity contribution in [2.75, 3.05) is 0 Å². The average molecular weight is 175 g/mol. The Morgan fingerprint density at radius 2 is 1.92 bits per heavy atom. The first-order chi connectivity index (χ1) is 6.36. The van der Waals surface area contributed by atoms with Gasteiger partial charge in [-0.15, -0.1) is 0 Å². The molecule has 0 aliphatic carbocycles. The highest BCUT2D eigenvalue weighted by Gasteiger charge is 2.18. The fourth-order valence-corrected chi connectivity index (χ4v) is 2.09. The molecule has 1 saturated heterocycles. The van der Waals surface area contributed by atoms with Crippen LogP contribution in [0.2, 0.25) is 0 Å². The number of nitrogens with one attached hydrogen (secondary N) is 1. The van der Waals surface area contributed by atoms with Crippen LogP contribution in [0, 0.1) is 0 Å². The first-order valence-corrected chi connectivity index (χ1v) is 5.17. The molecule has 1 aromatic carbocycles. The first kappa shape index (κ1) is 8.76. The van der Waals surface area contributed by atoms with Crippen LogP contribution in [-0.4, -0.2) is 6.04 Å². The smallest absolute Gasteiger partial charge is 0.0322 e. The topological polar surface area (TPSA) is 12.0 Å². The average Bonchev–Trinajstić information content (AvgIpc) is 2.19. The molecule has 1 aliphatic heterocycles. The zero-order chi connectivity index (χ0) is 9.10. The van der Waals surface area contributed by atoms with Crippen LogP contribution in [0.5, 0.6) is 0 Å². The summed E-state index contributed by atoms with van der Waals surface area (Å²) in [7, 11) is 0. The van der Waals surface area contributed by atoms with E-state index in [1.165, 1.54) is 24.8 Å². The van der Waals surface area contributed by atoms with Gasteiger partial charge in [0.15, 0.2) is 0 Å². The predicted octanol–water partition coefficient (Wildman–Crippen LogP) is 2.89. The lowest BCUT2D eigenvalue weighted by atomic mass is 9.94. The Kier molecular flexibility index (Phi) is 2.65. The summed E-state index contributed by atoms with van der Waals surface area (Å²) < 4.78 is 0. The van der Waals surface area contributed by atoms with Crippen LogP contribution in [0.1, 0.15) is 37.8 Å². The Morgan fingerprint density at radius 3 is 2.62 bits per heavy atom. The number of hydrogen-bond donors (Lipinski definition) is 1. The third kappa shape index (κ3) is 2.10. The Balaban J connectivity index is 2.08. The van der Waals surface area contributed by atoms with Crippen molar-refractivity contribution >= 4 is 0 Å². The van der Waals surface area contributed by atoms with Gasteiger partial charge in [0.1, 0.15) is 0 Å². The molecule has 1 aromatic rings. The molecule has 13 heavy (non-hydrogen) atoms. The molecular formula is C12H17N. The van der Waals surface area contributed by atoms with Gasteiger partial charge in [-0.1, -0.05) is 36.8 Å². The van der Waals surface area contributed by atoms with Crippen LogP contribution in [0.3, 0.4) is 0 Å². The maximum absolute atomic E-state index is 3.63. The largest absolute Gasteiger partial charge is 0.307 e. The molecule has 0 aromatic heterocycles. The van der Waals surface area contributed by atoms with Gasteiger partial charge in [-0.3, -0.25) is 0 Å². The van der Waals surface area contributed by atoms with E-state index in [1.54, 1.807) is 0 Å². The zero-order valence-corrected chi connectivity index (χ0v) is 8.16. The molecule has 1 heteroatoms. The summed E-state index contributed by atoms with van der Waals surface area (Å²) in [4.78, 5) is 0. The molecule has 1 N–H and O–H groups in total. The molecule has 0 bridgehead atoms. The van der Waals surface area contributed by atoms with Crippen molar-refractivity contribution in [2.24, 2.45) is 0 Å². The molecule has 2 atom stereocenters. The highest BCUT2D eigenvalue weighted by Crippen LogP contribution is 2.24. The molecule has 1 nitrogen and oxygen atoms in total. The molecular weight excluding hydrogens is 158 g/mol. The van der Waals surface area contributed by atoms with Gasteiger partial charge >= 0.3 is 0 Å². The minimum absolute atomic E-state index is 0.588. The highest BCUT2D eigenvalue weighted by molar-refractivity contribution is 5.19. The van der Waals surface area contributed by atoms with Gasteiger partial charge in [-0.25, -0.2) is 0 Å². The SMILES string of the molecule is C[C@@H]1CCCC(c2ccccc2)N1. The summed E-state index contributed by atoms with van der Waals surface area (Å²) >= 11 is 0. The fourth-order valence-electron chi connectivity index (χ4n) is 2.09. The molecule has 1 aliphatic rings. The van der Waals surface area contributed by atoms with Gasteiger partial charge in [0.05, 0.1) is 0 Å². The van der Waals surface area contributed by atoms with E-state index in [0.29, 0.717) is 12.1 Å². The summed E-state index contributed by atoms with van der Waals surface area (Å²) in [5, 5.41) is 3.63. The van der Waals surface area contributed by atoms with E-state index in [1.807, 2.05) is 0 Å². The Morgan fingerprint density at radius 1 is 1.15 bits per heavy atom. The standard InChI is InChI=1S/C12H17N/c1-10-6-5-9-12(13-10)11-7-3-2-4-8-11/h2-4,7-8,10,12-13H,5-6,9H2,1H3/t10-,12?/m1/s1. The van der Waals surface area contributed by atoms with Gasteiger partial charge in [-0.2, -0.15) is 0 Å². The van der Waals surface area contributed by atoms with Gasteiger partial charge < -0.3 is 5.32 Å². The summed E-state index contributed by atoms with van der Waals surface area (Å²) in [6.07, 6.45) is 3.96. The van der Waals surface area contributed by atoms with Crippen LogP contribution >= 0.6 is 0 Å². The molecule has 70 valence electrons. The molecule has 0 spiro atoms. The van der Waals surface area contributed by atoms with Crippen LogP contribution in [-0.2, 0) is 0 Å². The Bertz CT molecular complexity index is 255. The molecule has 0 amide bonds. The Hall–Kier alpha value is -0.820. The molecule has 1 fully saturated rings. The fraction of sp³-hybridized carbons (Fsp3) is 0.500. The van der Waals surface area contributed by atoms with E-state index in [2.05, 4.69) is 42.6 Å². The van der Waals surface area contributed by atoms with Crippen LogP contribution in [0.15, 0.2) is 30.3 Å². The van der Waals surface area contributed by atoms with E-state index in [9.17, 15) is 0 Å². The van der Waals surface area contributed by atoms with Gasteiger partial charge in [0.2, 0.25) is 0 Å². The molecule has 2 rings (SSSR count). The molecule has 0 saturated carbocycles. The predicted molar refractivity (Wildman–Crippen MR) is 55.6 cm³/mol.